The van der Waals surface area contributed by atoms with Gasteiger partial charge < -0.3 is 40.5 Å². The van der Waals surface area contributed by atoms with Crippen molar-refractivity contribution in [3.05, 3.63) is 49.6 Å². The van der Waals surface area contributed by atoms with Crippen molar-refractivity contribution in [3.63, 3.8) is 0 Å². The SMILES string of the molecule is C=CC(=O)OO[Si](OC)(OC)OC(COC(=O)CCCCCCC/C=C/CCC(CCCCC)O[Si](OC)(OC)OC(=O)C=C)COC(=O)C(=C)C. The van der Waals surface area contributed by atoms with Gasteiger partial charge in [0.2, 0.25) is 0 Å². The van der Waals surface area contributed by atoms with Crippen LogP contribution < -0.4 is 0 Å². The Morgan fingerprint density at radius 3 is 1.85 bits per heavy atom. The maximum Gasteiger partial charge on any atom is 0.751 e. The molecule has 0 aromatic rings. The maximum atomic E-state index is 12.5. The van der Waals surface area contributed by atoms with Gasteiger partial charge in [-0.25, -0.2) is 14.4 Å². The summed E-state index contributed by atoms with van der Waals surface area (Å²) in [5.74, 6) is -2.71. The number of carbonyl (C=O) groups excluding carboxylic acids is 4. The highest BCUT2D eigenvalue weighted by atomic mass is 28.4. The van der Waals surface area contributed by atoms with Crippen LogP contribution in [0.25, 0.3) is 0 Å². The van der Waals surface area contributed by atoms with Crippen molar-refractivity contribution < 1.29 is 69.1 Å². The quantitative estimate of drug-likeness (QED) is 0.0146. The van der Waals surface area contributed by atoms with Crippen molar-refractivity contribution >= 4 is 42.0 Å². The van der Waals surface area contributed by atoms with Crippen LogP contribution in [-0.2, 0) is 69.1 Å². The average Bonchev–Trinajstić information content (AvgIpc) is 3.15. The molecular weight excluding hydrogens is 717 g/mol. The second-order valence-electron chi connectivity index (χ2n) is 11.5. The van der Waals surface area contributed by atoms with Crippen molar-refractivity contribution in [1.82, 2.24) is 0 Å². The first-order chi connectivity index (χ1) is 24.9. The lowest BCUT2D eigenvalue weighted by molar-refractivity contribution is -0.256. The molecule has 0 aliphatic rings. The minimum Gasteiger partial charge on any atom is -0.463 e. The smallest absolute Gasteiger partial charge is 0.463 e. The zero-order valence-corrected chi connectivity index (χ0v) is 33.8. The Labute approximate surface area is 311 Å². The van der Waals surface area contributed by atoms with E-state index in [0.717, 1.165) is 82.8 Å². The number of ether oxygens (including phenoxy) is 2. The van der Waals surface area contributed by atoms with Crippen LogP contribution >= 0.6 is 0 Å². The Balaban J connectivity index is 4.69. The molecule has 0 saturated heterocycles. The first-order valence-electron chi connectivity index (χ1n) is 17.5. The van der Waals surface area contributed by atoms with Crippen LogP contribution in [0.3, 0.4) is 0 Å². The Morgan fingerprint density at radius 1 is 0.673 bits per heavy atom. The molecule has 0 aliphatic heterocycles. The van der Waals surface area contributed by atoms with Gasteiger partial charge in [-0.1, -0.05) is 77.3 Å². The lowest BCUT2D eigenvalue weighted by Gasteiger charge is -2.28. The fourth-order valence-corrected chi connectivity index (χ4v) is 7.19. The third kappa shape index (κ3) is 22.1. The van der Waals surface area contributed by atoms with Crippen molar-refractivity contribution in [2.75, 3.05) is 41.7 Å². The van der Waals surface area contributed by atoms with Gasteiger partial charge in [0.05, 0.1) is 6.10 Å². The molecule has 0 heterocycles. The molecule has 2 atom stereocenters. The van der Waals surface area contributed by atoms with Crippen molar-refractivity contribution in [2.24, 2.45) is 0 Å². The van der Waals surface area contributed by atoms with Crippen LogP contribution in [0, 0.1) is 0 Å². The number of hydrogen-bond acceptors (Lipinski definition) is 15. The highest BCUT2D eigenvalue weighted by Gasteiger charge is 2.50. The van der Waals surface area contributed by atoms with Crippen molar-refractivity contribution in [2.45, 2.75) is 110 Å². The molecule has 0 amide bonds. The first kappa shape index (κ1) is 49.0. The van der Waals surface area contributed by atoms with E-state index in [4.69, 9.17) is 45.0 Å². The lowest BCUT2D eigenvalue weighted by atomic mass is 10.1. The van der Waals surface area contributed by atoms with Crippen LogP contribution in [0.2, 0.25) is 0 Å². The number of esters is 2. The summed E-state index contributed by atoms with van der Waals surface area (Å²) in [6.07, 6.45) is 16.0. The van der Waals surface area contributed by atoms with E-state index in [1.165, 1.54) is 35.4 Å². The molecule has 2 unspecified atom stereocenters. The summed E-state index contributed by atoms with van der Waals surface area (Å²) < 4.78 is 53.9. The highest BCUT2D eigenvalue weighted by molar-refractivity contribution is 6.55. The Kier molecular flexibility index (Phi) is 27.7. The monoisotopic (exact) mass is 776 g/mol. The predicted molar refractivity (Wildman–Crippen MR) is 195 cm³/mol. The number of rotatable bonds is 33. The normalized spacial score (nSPS) is 12.9. The van der Waals surface area contributed by atoms with E-state index in [1.54, 1.807) is 0 Å². The fraction of sp³-hybridized carbons (Fsp3) is 0.657. The number of allylic oxidation sites excluding steroid dienone is 2. The van der Waals surface area contributed by atoms with E-state index < -0.39 is 48.1 Å². The summed E-state index contributed by atoms with van der Waals surface area (Å²) >= 11 is 0. The predicted octanol–water partition coefficient (Wildman–Crippen LogP) is 5.91. The van der Waals surface area contributed by atoms with Gasteiger partial charge in [-0.05, 0) is 45.4 Å². The summed E-state index contributed by atoms with van der Waals surface area (Å²) in [4.78, 5) is 52.3. The van der Waals surface area contributed by atoms with E-state index in [1.807, 2.05) is 0 Å². The third-order valence-electron chi connectivity index (χ3n) is 7.29. The van der Waals surface area contributed by atoms with Crippen LogP contribution in [0.5, 0.6) is 0 Å². The first-order valence-corrected chi connectivity index (χ1v) is 20.7. The topological polar surface area (TPSA) is 170 Å². The van der Waals surface area contributed by atoms with E-state index in [9.17, 15) is 19.2 Å². The molecule has 0 rings (SSSR count). The highest BCUT2D eigenvalue weighted by Crippen LogP contribution is 2.21. The Bertz CT molecular complexity index is 1110. The maximum absolute atomic E-state index is 12.5. The molecule has 0 aliphatic carbocycles. The molecule has 0 N–H and O–H groups in total. The standard InChI is InChI=1S/C35H60O15Si2/c1-10-13-21-24-30(47-51(40-6,41-7)49-33(37)12-3)25-22-19-17-15-14-16-18-20-23-26-34(38)44-27-31(28-45-35(39)29(4)5)48-52(42-8,43-9)50-46-32(36)11-2/h11-12,17,19,30-31H,2-4,10,13-16,18,20-28H2,1,5-9H3/b19-17+. The minimum absolute atomic E-state index is 0.159. The molecule has 0 aromatic carbocycles. The van der Waals surface area contributed by atoms with Crippen LogP contribution in [0.15, 0.2) is 49.6 Å². The fourth-order valence-electron chi connectivity index (χ4n) is 4.38. The van der Waals surface area contributed by atoms with Gasteiger partial charge in [-0.3, -0.25) is 9.68 Å². The van der Waals surface area contributed by atoms with Gasteiger partial charge in [0, 0.05) is 52.6 Å². The molecule has 0 bridgehead atoms. The summed E-state index contributed by atoms with van der Waals surface area (Å²) in [5.41, 5.74) is 0.159. The summed E-state index contributed by atoms with van der Waals surface area (Å²) in [6.45, 7) is 13.2. The molecule has 17 heteroatoms. The molecule has 52 heavy (non-hydrogen) atoms. The number of unbranched alkanes of at least 4 members (excludes halogenated alkanes) is 7. The van der Waals surface area contributed by atoms with E-state index in [-0.39, 0.29) is 31.3 Å². The van der Waals surface area contributed by atoms with Crippen molar-refractivity contribution in [1.29, 1.82) is 0 Å². The second kappa shape index (κ2) is 29.4. The minimum atomic E-state index is -4.07. The van der Waals surface area contributed by atoms with E-state index in [2.05, 4.69) is 43.7 Å². The molecule has 15 nitrogen and oxygen atoms in total. The van der Waals surface area contributed by atoms with Crippen molar-refractivity contribution in [3.8, 4) is 0 Å². The van der Waals surface area contributed by atoms with Gasteiger partial charge in [-0.15, -0.1) is 4.58 Å². The zero-order chi connectivity index (χ0) is 39.3. The molecule has 0 saturated carbocycles. The van der Waals surface area contributed by atoms with Gasteiger partial charge in [0.15, 0.2) is 0 Å². The van der Waals surface area contributed by atoms with Crippen LogP contribution in [0.4, 0.5) is 0 Å². The number of carbonyl (C=O) groups is 4. The van der Waals surface area contributed by atoms with Gasteiger partial charge in [-0.2, -0.15) is 0 Å². The van der Waals surface area contributed by atoms with Crippen LogP contribution in [-0.4, -0.2) is 95.8 Å². The molecule has 0 radical (unpaired) electrons. The Morgan fingerprint density at radius 2 is 1.25 bits per heavy atom. The van der Waals surface area contributed by atoms with Crippen LogP contribution in [0.1, 0.15) is 97.3 Å². The van der Waals surface area contributed by atoms with E-state index in [0.29, 0.717) is 6.42 Å². The van der Waals surface area contributed by atoms with Gasteiger partial charge in [0.1, 0.15) is 19.3 Å². The summed E-state index contributed by atoms with van der Waals surface area (Å²) in [7, 11) is -2.46. The zero-order valence-electron chi connectivity index (χ0n) is 31.8. The summed E-state index contributed by atoms with van der Waals surface area (Å²) in [5, 5.41) is 0. The second-order valence-corrected chi connectivity index (χ2v) is 16.0. The molecular formula is C35H60O15Si2. The summed E-state index contributed by atoms with van der Waals surface area (Å²) in [6, 6.07) is 0. The molecule has 0 fully saturated rings. The Hall–Kier alpha value is -3.01. The molecule has 298 valence electrons. The molecule has 0 aromatic heterocycles. The van der Waals surface area contributed by atoms with E-state index >= 15 is 0 Å². The third-order valence-corrected chi connectivity index (χ3v) is 11.3. The molecule has 0 spiro atoms. The number of hydrogen-bond donors (Lipinski definition) is 0. The van der Waals surface area contributed by atoms with Gasteiger partial charge >= 0.3 is 42.0 Å². The lowest BCUT2D eigenvalue weighted by Crippen LogP contribution is -2.52. The largest absolute Gasteiger partial charge is 0.751 e. The van der Waals surface area contributed by atoms with Gasteiger partial charge in [0.25, 0.3) is 0 Å². The average molecular weight is 777 g/mol.